The quantitative estimate of drug-likeness (QED) is 0.525. The van der Waals surface area contributed by atoms with Crippen molar-refractivity contribution >= 4 is 17.8 Å². The number of nitrogens with one attached hydrogen (secondary N) is 2. The van der Waals surface area contributed by atoms with Crippen molar-refractivity contribution in [2.45, 2.75) is 38.0 Å². The van der Waals surface area contributed by atoms with Crippen LogP contribution in [0.15, 0.2) is 12.5 Å². The molecule has 3 heterocycles. The molecule has 3 rings (SSSR count). The molecule has 2 aliphatic rings. The molecular weight excluding hydrogens is 292 g/mol. The van der Waals surface area contributed by atoms with Crippen molar-refractivity contribution in [1.29, 1.82) is 0 Å². The molecule has 2 fully saturated rings. The molecule has 1 aromatic heterocycles. The Kier molecular flexibility index (Phi) is 4.76. The summed E-state index contributed by atoms with van der Waals surface area (Å²) in [5, 5.41) is 19.7. The lowest BCUT2D eigenvalue weighted by Gasteiger charge is -2.34. The Labute approximate surface area is 126 Å². The second-order valence-corrected chi connectivity index (χ2v) is 5.26. The van der Waals surface area contributed by atoms with Gasteiger partial charge in [0.25, 0.3) is 5.97 Å². The molecule has 0 bridgehead atoms. The number of carbonyl (C=O) groups is 3. The number of aliphatic hydroxyl groups is 1. The molecule has 9 heteroatoms. The molecule has 0 aliphatic carbocycles. The second kappa shape index (κ2) is 6.56. The maximum absolute atomic E-state index is 12.2. The maximum Gasteiger partial charge on any atom is 0.300 e. The summed E-state index contributed by atoms with van der Waals surface area (Å²) in [5.74, 6) is -1.15. The van der Waals surface area contributed by atoms with Gasteiger partial charge in [-0.25, -0.2) is 4.98 Å². The number of piperazine rings is 1. The summed E-state index contributed by atoms with van der Waals surface area (Å²) >= 11 is 0. The van der Waals surface area contributed by atoms with Crippen LogP contribution in [0.2, 0.25) is 0 Å². The molecule has 2 amide bonds. The number of nitrogens with zero attached hydrogens (tertiary/aromatic N) is 2. The summed E-state index contributed by atoms with van der Waals surface area (Å²) in [5.41, 5.74) is 0.798. The van der Waals surface area contributed by atoms with E-state index in [2.05, 4.69) is 15.3 Å². The van der Waals surface area contributed by atoms with E-state index in [1.807, 2.05) is 0 Å². The van der Waals surface area contributed by atoms with Crippen LogP contribution in [0.5, 0.6) is 0 Å². The number of aliphatic hydroxyl groups excluding tert-OH is 1. The zero-order chi connectivity index (χ0) is 16.3. The van der Waals surface area contributed by atoms with E-state index >= 15 is 0 Å². The highest BCUT2D eigenvalue weighted by atomic mass is 16.4. The number of imidazole rings is 1. The predicted octanol–water partition coefficient (Wildman–Crippen LogP) is -1.50. The van der Waals surface area contributed by atoms with Gasteiger partial charge in [0.05, 0.1) is 12.4 Å². The third-order valence-corrected chi connectivity index (χ3v) is 3.46. The highest BCUT2D eigenvalue weighted by Crippen LogP contribution is 2.23. The lowest BCUT2D eigenvalue weighted by atomic mass is 10.0. The summed E-state index contributed by atoms with van der Waals surface area (Å²) < 4.78 is 0. The number of fused-ring (bicyclic) bond motifs is 1. The van der Waals surface area contributed by atoms with Gasteiger partial charge in [-0.05, 0) is 0 Å². The highest BCUT2D eigenvalue weighted by molar-refractivity contribution is 5.97. The lowest BCUT2D eigenvalue weighted by Crippen LogP contribution is -2.61. The summed E-state index contributed by atoms with van der Waals surface area (Å²) in [6.07, 6.45) is 3.28. The number of aromatic amines is 1. The van der Waals surface area contributed by atoms with Gasteiger partial charge < -0.3 is 25.4 Å². The number of aromatic nitrogens is 2. The number of carbonyl (C=O) groups excluding carboxylic acids is 2. The maximum atomic E-state index is 12.2. The summed E-state index contributed by atoms with van der Waals surface area (Å²) in [4.78, 5) is 41.3. The first-order valence-corrected chi connectivity index (χ1v) is 6.84. The van der Waals surface area contributed by atoms with E-state index in [9.17, 15) is 14.7 Å². The highest BCUT2D eigenvalue weighted by Gasteiger charge is 2.45. The van der Waals surface area contributed by atoms with Crippen molar-refractivity contribution in [2.75, 3.05) is 6.54 Å². The SMILES string of the molecule is CC(=O)O.O=C1N[C@@H](Cc2cnc[nH]2)C(=O)N2C[C@H](O)C[C@H]12. The molecule has 4 N–H and O–H groups in total. The van der Waals surface area contributed by atoms with Crippen LogP contribution >= 0.6 is 0 Å². The molecule has 2 aliphatic heterocycles. The first-order chi connectivity index (χ1) is 10.4. The summed E-state index contributed by atoms with van der Waals surface area (Å²) in [6.45, 7) is 1.33. The van der Waals surface area contributed by atoms with E-state index in [0.717, 1.165) is 12.6 Å². The number of carboxylic acid groups (broad SMARTS) is 1. The Morgan fingerprint density at radius 2 is 2.18 bits per heavy atom. The number of rotatable bonds is 2. The number of carboxylic acids is 1. The van der Waals surface area contributed by atoms with Crippen LogP contribution in [-0.4, -0.2) is 67.6 Å². The van der Waals surface area contributed by atoms with Gasteiger partial charge in [-0.3, -0.25) is 14.4 Å². The van der Waals surface area contributed by atoms with Crippen molar-refractivity contribution < 1.29 is 24.6 Å². The fraction of sp³-hybridized carbons (Fsp3) is 0.538. The topological polar surface area (TPSA) is 136 Å². The van der Waals surface area contributed by atoms with Gasteiger partial charge in [0.2, 0.25) is 11.8 Å². The largest absolute Gasteiger partial charge is 0.481 e. The lowest BCUT2D eigenvalue weighted by molar-refractivity contribution is -0.147. The molecule has 1 aromatic rings. The Bertz CT molecular complexity index is 555. The Morgan fingerprint density at radius 1 is 1.50 bits per heavy atom. The van der Waals surface area contributed by atoms with Crippen LogP contribution < -0.4 is 5.32 Å². The fourth-order valence-corrected chi connectivity index (χ4v) is 2.59. The van der Waals surface area contributed by atoms with Crippen LogP contribution in [0.1, 0.15) is 19.0 Å². The van der Waals surface area contributed by atoms with Gasteiger partial charge in [-0.1, -0.05) is 0 Å². The second-order valence-electron chi connectivity index (χ2n) is 5.26. The molecule has 0 unspecified atom stereocenters. The molecule has 0 saturated carbocycles. The van der Waals surface area contributed by atoms with Crippen molar-refractivity contribution in [3.63, 3.8) is 0 Å². The first-order valence-electron chi connectivity index (χ1n) is 6.84. The van der Waals surface area contributed by atoms with Gasteiger partial charge in [-0.15, -0.1) is 0 Å². The van der Waals surface area contributed by atoms with Crippen LogP contribution in [-0.2, 0) is 20.8 Å². The number of hydrogen-bond acceptors (Lipinski definition) is 5. The normalized spacial score (nSPS) is 26.8. The zero-order valence-corrected chi connectivity index (χ0v) is 12.0. The van der Waals surface area contributed by atoms with Gasteiger partial charge >= 0.3 is 0 Å². The van der Waals surface area contributed by atoms with Gasteiger partial charge in [-0.2, -0.15) is 0 Å². The Balaban J connectivity index is 0.000000396. The average Bonchev–Trinajstić information content (AvgIpc) is 3.04. The van der Waals surface area contributed by atoms with E-state index in [1.54, 1.807) is 6.20 Å². The molecule has 9 nitrogen and oxygen atoms in total. The molecular formula is C13H18N4O5. The summed E-state index contributed by atoms with van der Waals surface area (Å²) in [6, 6.07) is -1.08. The number of amides is 2. The third kappa shape index (κ3) is 3.61. The third-order valence-electron chi connectivity index (χ3n) is 3.46. The van der Waals surface area contributed by atoms with Gasteiger partial charge in [0.15, 0.2) is 0 Å². The standard InChI is InChI=1S/C11H14N4O3.C2H4O2/c16-7-2-9-10(17)14-8(11(18)15(9)4-7)1-6-3-12-5-13-6;1-2(3)4/h3,5,7-9,16H,1-2,4H2,(H,12,13)(H,14,17);1H3,(H,3,4)/t7-,8+,9-;/m1./s1. The van der Waals surface area contributed by atoms with Crippen molar-refractivity contribution in [1.82, 2.24) is 20.2 Å². The predicted molar refractivity (Wildman–Crippen MR) is 73.7 cm³/mol. The van der Waals surface area contributed by atoms with E-state index in [0.29, 0.717) is 12.8 Å². The molecule has 0 aromatic carbocycles. The van der Waals surface area contributed by atoms with Crippen molar-refractivity contribution in [3.05, 3.63) is 18.2 Å². The molecule has 3 atom stereocenters. The van der Waals surface area contributed by atoms with Crippen molar-refractivity contribution in [3.8, 4) is 0 Å². The molecule has 0 radical (unpaired) electrons. The zero-order valence-electron chi connectivity index (χ0n) is 12.0. The van der Waals surface area contributed by atoms with E-state index in [1.165, 1.54) is 11.2 Å². The minimum absolute atomic E-state index is 0.134. The van der Waals surface area contributed by atoms with Crippen LogP contribution in [0.25, 0.3) is 0 Å². The Hall–Kier alpha value is -2.42. The van der Waals surface area contributed by atoms with Gasteiger partial charge in [0, 0.05) is 38.2 Å². The van der Waals surface area contributed by atoms with Crippen LogP contribution in [0.4, 0.5) is 0 Å². The number of aliphatic carboxylic acids is 1. The van der Waals surface area contributed by atoms with Gasteiger partial charge in [0.1, 0.15) is 12.1 Å². The minimum Gasteiger partial charge on any atom is -0.481 e. The van der Waals surface area contributed by atoms with Crippen LogP contribution in [0, 0.1) is 0 Å². The summed E-state index contributed by atoms with van der Waals surface area (Å²) in [7, 11) is 0. The number of hydrogen-bond donors (Lipinski definition) is 4. The van der Waals surface area contributed by atoms with E-state index in [-0.39, 0.29) is 18.4 Å². The van der Waals surface area contributed by atoms with E-state index in [4.69, 9.17) is 9.90 Å². The average molecular weight is 310 g/mol. The number of H-pyrrole nitrogens is 1. The minimum atomic E-state index is -0.833. The fourth-order valence-electron chi connectivity index (χ4n) is 2.59. The Morgan fingerprint density at radius 3 is 2.77 bits per heavy atom. The van der Waals surface area contributed by atoms with Crippen LogP contribution in [0.3, 0.4) is 0 Å². The molecule has 120 valence electrons. The van der Waals surface area contributed by atoms with Crippen molar-refractivity contribution in [2.24, 2.45) is 0 Å². The molecule has 2 saturated heterocycles. The monoisotopic (exact) mass is 310 g/mol. The van der Waals surface area contributed by atoms with E-state index < -0.39 is 24.2 Å². The first kappa shape index (κ1) is 16.0. The smallest absolute Gasteiger partial charge is 0.300 e. The molecule has 0 spiro atoms. The molecule has 22 heavy (non-hydrogen) atoms.